The number of aryl methyl sites for hydroxylation is 1. The zero-order chi connectivity index (χ0) is 20.8. The van der Waals surface area contributed by atoms with Crippen molar-refractivity contribution in [1.82, 2.24) is 9.47 Å². The van der Waals surface area contributed by atoms with Crippen LogP contribution in [0.5, 0.6) is 0 Å². The summed E-state index contributed by atoms with van der Waals surface area (Å²) < 4.78 is 66.3. The number of rotatable bonds is 3. The van der Waals surface area contributed by atoms with Gasteiger partial charge in [0, 0.05) is 42.8 Å². The summed E-state index contributed by atoms with van der Waals surface area (Å²) in [6.45, 7) is 1.39. The van der Waals surface area contributed by atoms with Crippen LogP contribution in [0, 0.1) is 17.5 Å². The van der Waals surface area contributed by atoms with Gasteiger partial charge >= 0.3 is 0 Å². The molecule has 0 bridgehead atoms. The lowest BCUT2D eigenvalue weighted by Crippen LogP contribution is -2.32. The predicted molar refractivity (Wildman–Crippen MR) is 94.3 cm³/mol. The number of amides is 1. The van der Waals surface area contributed by atoms with Crippen molar-refractivity contribution in [3.8, 4) is 0 Å². The Morgan fingerprint density at radius 2 is 1.86 bits per heavy atom. The summed E-state index contributed by atoms with van der Waals surface area (Å²) in [5.41, 5.74) is -0.360. The van der Waals surface area contributed by atoms with Crippen LogP contribution in [0.4, 0.5) is 18.9 Å². The number of hydrogen-bond donors (Lipinski definition) is 2. The minimum atomic E-state index is -3.87. The lowest BCUT2D eigenvalue weighted by atomic mass is 10.2. The van der Waals surface area contributed by atoms with Crippen molar-refractivity contribution >= 4 is 27.5 Å². The average Bonchev–Trinajstić information content (AvgIpc) is 2.87. The Hall–Kier alpha value is -2.79. The van der Waals surface area contributed by atoms with Gasteiger partial charge in [-0.15, -0.1) is 0 Å². The molecule has 0 aliphatic carbocycles. The van der Waals surface area contributed by atoms with Crippen molar-refractivity contribution in [1.29, 1.82) is 0 Å². The second-order valence-electron chi connectivity index (χ2n) is 6.28. The van der Waals surface area contributed by atoms with Gasteiger partial charge in [-0.05, 0) is 13.0 Å². The Morgan fingerprint density at radius 1 is 1.25 bits per heavy atom. The molecule has 28 heavy (non-hydrogen) atoms. The number of halogens is 3. The Morgan fingerprint density at radius 3 is 2.43 bits per heavy atom. The van der Waals surface area contributed by atoms with Gasteiger partial charge in [0.25, 0.3) is 5.91 Å². The van der Waals surface area contributed by atoms with Crippen LogP contribution < -0.4 is 5.32 Å². The maximum Gasteiger partial charge on any atom is 0.272 e. The third-order valence-electron chi connectivity index (χ3n) is 4.21. The number of aromatic nitrogens is 1. The highest BCUT2D eigenvalue weighted by Crippen LogP contribution is 2.29. The molecule has 0 saturated carbocycles. The van der Waals surface area contributed by atoms with E-state index in [2.05, 4.69) is 5.32 Å². The highest BCUT2D eigenvalue weighted by molar-refractivity contribution is 7.91. The number of sulfone groups is 1. The smallest absolute Gasteiger partial charge is 0.272 e. The molecule has 0 spiro atoms. The monoisotopic (exact) mass is 415 g/mol. The van der Waals surface area contributed by atoms with Crippen LogP contribution in [0.2, 0.25) is 0 Å². The fourth-order valence-corrected chi connectivity index (χ4v) is 4.49. The van der Waals surface area contributed by atoms with Gasteiger partial charge in [0.1, 0.15) is 17.8 Å². The molecule has 2 heterocycles. The fraction of sp³-hybridized carbons (Fsp3) is 0.235. The normalized spacial score (nSPS) is 16.4. The third-order valence-corrected chi connectivity index (χ3v) is 5.84. The van der Waals surface area contributed by atoms with Gasteiger partial charge in [-0.25, -0.2) is 21.6 Å². The quantitative estimate of drug-likeness (QED) is 0.749. The van der Waals surface area contributed by atoms with Crippen molar-refractivity contribution in [3.63, 3.8) is 0 Å². The number of carbonyl (C=O) groups excluding carboxylic acids is 1. The number of aliphatic hydroxyl groups excluding tert-OH is 1. The second-order valence-corrected chi connectivity index (χ2v) is 8.21. The van der Waals surface area contributed by atoms with E-state index in [1.165, 1.54) is 41.9 Å². The van der Waals surface area contributed by atoms with Gasteiger partial charge in [0.05, 0.1) is 4.90 Å². The molecule has 2 aromatic rings. The number of nitrogens with zero attached hydrogens (tertiary/aromatic N) is 2. The lowest BCUT2D eigenvalue weighted by molar-refractivity contribution is 0.0677. The molecule has 1 aliphatic heterocycles. The Labute approximate surface area is 158 Å². The third kappa shape index (κ3) is 3.50. The number of aliphatic hydroxyl groups is 1. The maximum absolute atomic E-state index is 13.4. The fourth-order valence-electron chi connectivity index (χ4n) is 2.84. The number of hydrogen-bond acceptors (Lipinski definition) is 5. The molecule has 1 aliphatic rings. The Kier molecular flexibility index (Phi) is 4.98. The van der Waals surface area contributed by atoms with Crippen molar-refractivity contribution in [3.05, 3.63) is 53.2 Å². The van der Waals surface area contributed by atoms with Crippen LogP contribution in [0.25, 0.3) is 6.08 Å². The highest BCUT2D eigenvalue weighted by atomic mass is 32.2. The summed E-state index contributed by atoms with van der Waals surface area (Å²) in [6, 6.07) is 1.22. The van der Waals surface area contributed by atoms with Crippen LogP contribution in [0.1, 0.15) is 23.0 Å². The molecule has 1 aromatic carbocycles. The van der Waals surface area contributed by atoms with E-state index in [-0.39, 0.29) is 21.8 Å². The molecule has 2 N–H and O–H groups in total. The summed E-state index contributed by atoms with van der Waals surface area (Å²) >= 11 is 0. The molecule has 0 unspecified atom stereocenters. The molecule has 11 heteroatoms. The number of benzene rings is 1. The Bertz CT molecular complexity index is 1070. The molecule has 1 aromatic heterocycles. The molecule has 0 saturated heterocycles. The summed E-state index contributed by atoms with van der Waals surface area (Å²) in [5, 5.41) is 11.9. The SMILES string of the molecule is C[C@H](O)N1C=Cc2c(cn(C)c2C(=O)Nc2cc(F)c(F)c(F)c2)S(=O)(=O)C1. The highest BCUT2D eigenvalue weighted by Gasteiger charge is 2.31. The maximum atomic E-state index is 13.4. The van der Waals surface area contributed by atoms with E-state index < -0.39 is 45.3 Å². The molecule has 1 amide bonds. The van der Waals surface area contributed by atoms with Crippen LogP contribution in [-0.2, 0) is 16.9 Å². The minimum Gasteiger partial charge on any atom is -0.374 e. The standard InChI is InChI=1S/C17H16F3N3O4S/c1-9(24)23-4-3-11-14(28(26,27)8-23)7-22(2)16(11)17(25)21-10-5-12(18)15(20)13(19)6-10/h3-7,9,24H,8H2,1-2H3,(H,21,25)/t9-/m0/s1. The van der Waals surface area contributed by atoms with E-state index in [0.29, 0.717) is 12.1 Å². The number of fused-ring (bicyclic) bond motifs is 1. The number of anilines is 1. The summed E-state index contributed by atoms with van der Waals surface area (Å²) in [5.74, 6) is -5.96. The molecule has 3 rings (SSSR count). The van der Waals surface area contributed by atoms with E-state index in [0.717, 1.165) is 0 Å². The first-order chi connectivity index (χ1) is 13.0. The summed E-state index contributed by atoms with van der Waals surface area (Å²) in [7, 11) is -2.43. The first-order valence-corrected chi connectivity index (χ1v) is 9.66. The van der Waals surface area contributed by atoms with Crippen molar-refractivity contribution < 1.29 is 31.5 Å². The topological polar surface area (TPSA) is 91.6 Å². The van der Waals surface area contributed by atoms with E-state index in [9.17, 15) is 31.5 Å². The van der Waals surface area contributed by atoms with Gasteiger partial charge in [0.15, 0.2) is 27.3 Å². The molecule has 150 valence electrons. The zero-order valence-electron chi connectivity index (χ0n) is 14.8. The number of nitrogens with one attached hydrogen (secondary N) is 1. The van der Waals surface area contributed by atoms with Crippen LogP contribution in [0.3, 0.4) is 0 Å². The van der Waals surface area contributed by atoms with E-state index in [1.807, 2.05) is 0 Å². The first-order valence-electron chi connectivity index (χ1n) is 8.01. The molecule has 0 fully saturated rings. The first kappa shape index (κ1) is 20.0. The van der Waals surface area contributed by atoms with Gasteiger partial charge in [-0.3, -0.25) is 4.79 Å². The largest absolute Gasteiger partial charge is 0.374 e. The average molecular weight is 415 g/mol. The van der Waals surface area contributed by atoms with Crippen molar-refractivity contribution in [2.45, 2.75) is 18.0 Å². The summed E-state index contributed by atoms with van der Waals surface area (Å²) in [4.78, 5) is 13.7. The Balaban J connectivity index is 2.04. The van der Waals surface area contributed by atoms with Crippen LogP contribution in [0.15, 0.2) is 29.4 Å². The molecule has 7 nitrogen and oxygen atoms in total. The number of carbonyl (C=O) groups is 1. The lowest BCUT2D eigenvalue weighted by Gasteiger charge is -2.21. The van der Waals surface area contributed by atoms with E-state index in [1.54, 1.807) is 0 Å². The van der Waals surface area contributed by atoms with Crippen LogP contribution >= 0.6 is 0 Å². The second kappa shape index (κ2) is 6.99. The molecule has 0 radical (unpaired) electrons. The van der Waals surface area contributed by atoms with Gasteiger partial charge in [-0.2, -0.15) is 0 Å². The van der Waals surface area contributed by atoms with E-state index >= 15 is 0 Å². The van der Waals surface area contributed by atoms with Crippen molar-refractivity contribution in [2.24, 2.45) is 7.05 Å². The molecular weight excluding hydrogens is 399 g/mol. The van der Waals surface area contributed by atoms with E-state index in [4.69, 9.17) is 0 Å². The van der Waals surface area contributed by atoms with Crippen LogP contribution in [-0.4, -0.2) is 41.0 Å². The molecular formula is C17H16F3N3O4S. The zero-order valence-corrected chi connectivity index (χ0v) is 15.6. The minimum absolute atomic E-state index is 0.0613. The van der Waals surface area contributed by atoms with Gasteiger partial charge in [0.2, 0.25) is 0 Å². The summed E-state index contributed by atoms with van der Waals surface area (Å²) in [6.07, 6.45) is 2.85. The van der Waals surface area contributed by atoms with Gasteiger partial charge < -0.3 is 19.9 Å². The van der Waals surface area contributed by atoms with Gasteiger partial charge in [-0.1, -0.05) is 0 Å². The predicted octanol–water partition coefficient (Wildman–Crippen LogP) is 2.05. The molecule has 1 atom stereocenters. The van der Waals surface area contributed by atoms with Crippen molar-refractivity contribution in [2.75, 3.05) is 11.2 Å².